The molecule has 0 saturated heterocycles. The van der Waals surface area contributed by atoms with Gasteiger partial charge in [-0.05, 0) is 47.9 Å². The van der Waals surface area contributed by atoms with Crippen LogP contribution in [0.25, 0.3) is 16.7 Å². The number of hydrogen-bond acceptors (Lipinski definition) is 5. The highest BCUT2D eigenvalue weighted by Crippen LogP contribution is 2.32. The van der Waals surface area contributed by atoms with Crippen LogP contribution in [0.2, 0.25) is 5.02 Å². The number of halogens is 2. The lowest BCUT2D eigenvalue weighted by Crippen LogP contribution is -2.16. The van der Waals surface area contributed by atoms with E-state index in [2.05, 4.69) is 10.4 Å². The first-order chi connectivity index (χ1) is 16.0. The Morgan fingerprint density at radius 1 is 1.03 bits per heavy atom. The molecule has 0 aromatic heterocycles. The van der Waals surface area contributed by atoms with Crippen molar-refractivity contribution >= 4 is 44.6 Å². The molecular formula is C23H21ClFN5O3S. The summed E-state index contributed by atoms with van der Waals surface area (Å²) in [5.74, 6) is 3.21. The van der Waals surface area contributed by atoms with Crippen LogP contribution >= 0.6 is 11.6 Å². The molecule has 0 radical (unpaired) electrons. The van der Waals surface area contributed by atoms with E-state index < -0.39 is 21.8 Å². The Kier molecular flexibility index (Phi) is 7.35. The number of nitrogens with one attached hydrogen (secondary N) is 1. The quantitative estimate of drug-likeness (QED) is 0.134. The minimum atomic E-state index is -3.97. The Bertz CT molecular complexity index is 1440. The van der Waals surface area contributed by atoms with Crippen LogP contribution in [0.5, 0.6) is 0 Å². The first-order valence-corrected chi connectivity index (χ1v) is 11.7. The monoisotopic (exact) mass is 501 g/mol. The van der Waals surface area contributed by atoms with E-state index in [0.29, 0.717) is 22.3 Å². The lowest BCUT2D eigenvalue weighted by atomic mass is 10.0. The molecule has 176 valence electrons. The minimum absolute atomic E-state index is 0.0652. The van der Waals surface area contributed by atoms with E-state index in [4.69, 9.17) is 28.3 Å². The van der Waals surface area contributed by atoms with E-state index >= 15 is 0 Å². The van der Waals surface area contributed by atoms with Crippen molar-refractivity contribution in [3.05, 3.63) is 88.7 Å². The topological polar surface area (TPSA) is 154 Å². The van der Waals surface area contributed by atoms with Gasteiger partial charge in [-0.25, -0.2) is 17.9 Å². The summed E-state index contributed by atoms with van der Waals surface area (Å²) in [7, 11) is -3.97. The fourth-order valence-electron chi connectivity index (χ4n) is 3.20. The summed E-state index contributed by atoms with van der Waals surface area (Å²) in [6, 6.07) is 17.0. The van der Waals surface area contributed by atoms with Crippen LogP contribution in [-0.4, -0.2) is 20.2 Å². The van der Waals surface area contributed by atoms with Gasteiger partial charge in [0.05, 0.1) is 15.6 Å². The molecule has 0 heterocycles. The maximum absolute atomic E-state index is 14.9. The molecule has 7 N–H and O–H groups in total. The molecule has 3 rings (SSSR count). The molecule has 0 atom stereocenters. The zero-order chi connectivity index (χ0) is 25.0. The Morgan fingerprint density at radius 3 is 2.35 bits per heavy atom. The number of nitrogens with zero attached hydrogens (tertiary/aromatic N) is 1. The molecule has 3 aromatic rings. The molecule has 1 amide bonds. The Morgan fingerprint density at radius 2 is 1.71 bits per heavy atom. The van der Waals surface area contributed by atoms with Crippen LogP contribution < -0.4 is 22.0 Å². The van der Waals surface area contributed by atoms with E-state index in [0.717, 1.165) is 0 Å². The van der Waals surface area contributed by atoms with Crippen LogP contribution in [0.15, 0.2) is 82.6 Å². The second-order valence-corrected chi connectivity index (χ2v) is 9.16. The van der Waals surface area contributed by atoms with Gasteiger partial charge in [0.1, 0.15) is 5.84 Å². The number of carbonyl (C=O) groups is 1. The number of allylic oxidation sites excluding steroid dienone is 1. The lowest BCUT2D eigenvalue weighted by molar-refractivity contribution is -0.114. The summed E-state index contributed by atoms with van der Waals surface area (Å²) >= 11 is 6.29. The zero-order valence-electron chi connectivity index (χ0n) is 17.9. The molecule has 0 unspecified atom stereocenters. The summed E-state index contributed by atoms with van der Waals surface area (Å²) in [5, 5.41) is 11.2. The second kappa shape index (κ2) is 10.0. The van der Waals surface area contributed by atoms with Crippen molar-refractivity contribution in [3.8, 4) is 11.1 Å². The highest BCUT2D eigenvalue weighted by molar-refractivity contribution is 7.89. The van der Waals surface area contributed by atoms with Crippen molar-refractivity contribution in [2.75, 3.05) is 5.32 Å². The van der Waals surface area contributed by atoms with Crippen LogP contribution in [0.3, 0.4) is 0 Å². The largest absolute Gasteiger partial charge is 0.382 e. The molecule has 3 aromatic carbocycles. The van der Waals surface area contributed by atoms with Crippen molar-refractivity contribution in [2.24, 2.45) is 21.8 Å². The maximum Gasteiger partial charge on any atom is 0.284 e. The molecule has 8 nitrogen and oxygen atoms in total. The molecule has 0 aliphatic carbocycles. The third-order valence-electron chi connectivity index (χ3n) is 4.98. The van der Waals surface area contributed by atoms with Crippen molar-refractivity contribution in [1.82, 2.24) is 0 Å². The van der Waals surface area contributed by atoms with E-state index in [1.54, 1.807) is 48.5 Å². The smallest absolute Gasteiger partial charge is 0.284 e. The molecular weight excluding hydrogens is 481 g/mol. The summed E-state index contributed by atoms with van der Waals surface area (Å²) in [6.07, 6.45) is 0. The molecule has 0 fully saturated rings. The molecule has 0 aliphatic rings. The van der Waals surface area contributed by atoms with Crippen molar-refractivity contribution < 1.29 is 17.6 Å². The van der Waals surface area contributed by atoms with E-state index in [9.17, 15) is 17.6 Å². The number of carbonyl (C=O) groups excluding carboxylic acids is 1. The number of amidine groups is 1. The number of benzene rings is 3. The van der Waals surface area contributed by atoms with Crippen molar-refractivity contribution in [2.45, 2.75) is 11.8 Å². The van der Waals surface area contributed by atoms with Crippen LogP contribution in [0, 0.1) is 0 Å². The zero-order valence-corrected chi connectivity index (χ0v) is 19.5. The van der Waals surface area contributed by atoms with Gasteiger partial charge in [0.2, 0.25) is 10.0 Å². The summed E-state index contributed by atoms with van der Waals surface area (Å²) in [4.78, 5) is 12.5. The van der Waals surface area contributed by atoms with Gasteiger partial charge in [-0.15, -0.1) is 0 Å². The third-order valence-corrected chi connectivity index (χ3v) is 6.26. The van der Waals surface area contributed by atoms with Crippen molar-refractivity contribution in [1.29, 1.82) is 0 Å². The van der Waals surface area contributed by atoms with Crippen molar-refractivity contribution in [3.63, 3.8) is 0 Å². The van der Waals surface area contributed by atoms with Gasteiger partial charge < -0.3 is 16.9 Å². The predicted octanol–water partition coefficient (Wildman–Crippen LogP) is 3.57. The number of amides is 1. The van der Waals surface area contributed by atoms with Gasteiger partial charge in [0, 0.05) is 11.1 Å². The van der Waals surface area contributed by atoms with Gasteiger partial charge in [-0.1, -0.05) is 54.1 Å². The molecule has 0 bridgehead atoms. The van der Waals surface area contributed by atoms with Gasteiger partial charge in [0.15, 0.2) is 5.83 Å². The average molecular weight is 502 g/mol. The van der Waals surface area contributed by atoms with Crippen LogP contribution in [0.1, 0.15) is 18.1 Å². The van der Waals surface area contributed by atoms with Gasteiger partial charge >= 0.3 is 0 Å². The van der Waals surface area contributed by atoms with E-state index in [-0.39, 0.29) is 27.0 Å². The Labute approximate surface area is 201 Å². The third kappa shape index (κ3) is 5.42. The fourth-order valence-corrected chi connectivity index (χ4v) is 4.19. The predicted molar refractivity (Wildman–Crippen MR) is 132 cm³/mol. The standard InChI is InChI=1S/C23H21ClFN5O3S/c1-13(14-5-4-6-16(11-14)22(26)30-27)21(25)23(31)29-19-10-9-15(12-18(19)24)17-7-2-3-8-20(17)34(28,32)33/h2-12H,27H2,1H3,(H2,26,30)(H,29,31)(H2,28,32,33)/b21-13+. The fraction of sp³-hybridized carbons (Fsp3) is 0.0435. The average Bonchev–Trinajstić information content (AvgIpc) is 2.83. The molecule has 11 heteroatoms. The highest BCUT2D eigenvalue weighted by Gasteiger charge is 2.18. The molecule has 0 spiro atoms. The maximum atomic E-state index is 14.9. The Hall–Kier alpha value is -3.73. The highest BCUT2D eigenvalue weighted by atomic mass is 35.5. The summed E-state index contributed by atoms with van der Waals surface area (Å²) in [5.41, 5.74) is 7.58. The first kappa shape index (κ1) is 24.9. The van der Waals surface area contributed by atoms with E-state index in [1.807, 2.05) is 0 Å². The number of sulfonamides is 1. The first-order valence-electron chi connectivity index (χ1n) is 9.76. The minimum Gasteiger partial charge on any atom is -0.382 e. The number of hydrazone groups is 1. The molecule has 34 heavy (non-hydrogen) atoms. The summed E-state index contributed by atoms with van der Waals surface area (Å²) < 4.78 is 38.6. The number of anilines is 1. The number of primary sulfonamides is 1. The SMILES string of the molecule is C/C(=C(\F)C(=O)Nc1ccc(-c2ccccc2S(N)(=O)=O)cc1Cl)c1cccc(/C(N)=N/N)c1. The normalized spacial score (nSPS) is 12.8. The second-order valence-electron chi connectivity index (χ2n) is 7.22. The Balaban J connectivity index is 1.89. The van der Waals surface area contributed by atoms with E-state index in [1.165, 1.54) is 25.1 Å². The summed E-state index contributed by atoms with van der Waals surface area (Å²) in [6.45, 7) is 1.44. The van der Waals surface area contributed by atoms with Crippen LogP contribution in [-0.2, 0) is 14.8 Å². The number of rotatable bonds is 6. The molecule has 0 saturated carbocycles. The molecule has 0 aliphatic heterocycles. The van der Waals surface area contributed by atoms with Gasteiger partial charge in [0.25, 0.3) is 5.91 Å². The number of nitrogens with two attached hydrogens (primary N) is 3. The van der Waals surface area contributed by atoms with Gasteiger partial charge in [-0.3, -0.25) is 4.79 Å². The van der Waals surface area contributed by atoms with Crippen LogP contribution in [0.4, 0.5) is 10.1 Å². The number of hydrogen-bond donors (Lipinski definition) is 4. The lowest BCUT2D eigenvalue weighted by Gasteiger charge is -2.12. The van der Waals surface area contributed by atoms with Gasteiger partial charge in [-0.2, -0.15) is 5.10 Å².